The first-order chi connectivity index (χ1) is 15.6. The number of hydrogen-bond acceptors (Lipinski definition) is 6. The summed E-state index contributed by atoms with van der Waals surface area (Å²) in [6, 6.07) is 15.5. The second-order valence-corrected chi connectivity index (χ2v) is 7.99. The molecule has 0 atom stereocenters. The number of aryl methyl sites for hydroxylation is 1. The normalized spacial score (nSPS) is 15.4. The predicted octanol–water partition coefficient (Wildman–Crippen LogP) is 3.89. The van der Waals surface area contributed by atoms with E-state index in [1.807, 2.05) is 54.3 Å². The van der Waals surface area contributed by atoms with Gasteiger partial charge in [0.1, 0.15) is 11.9 Å². The van der Waals surface area contributed by atoms with Crippen LogP contribution in [0.5, 0.6) is 11.5 Å². The summed E-state index contributed by atoms with van der Waals surface area (Å²) in [6.45, 7) is 4.70. The van der Waals surface area contributed by atoms with E-state index in [4.69, 9.17) is 14.5 Å². The van der Waals surface area contributed by atoms with Gasteiger partial charge >= 0.3 is 6.03 Å². The van der Waals surface area contributed by atoms with Crippen LogP contribution in [-0.4, -0.2) is 48.9 Å². The Morgan fingerprint density at radius 3 is 2.62 bits per heavy atom. The number of carbonyl (C=O) groups excluding carboxylic acids is 1. The van der Waals surface area contributed by atoms with Crippen LogP contribution in [0, 0.1) is 18.3 Å². The van der Waals surface area contributed by atoms with Crippen molar-refractivity contribution in [3.05, 3.63) is 53.6 Å². The smallest absolute Gasteiger partial charge is 0.321 e. The molecule has 32 heavy (non-hydrogen) atoms. The Hall–Kier alpha value is -3.99. The molecule has 0 saturated carbocycles. The predicted molar refractivity (Wildman–Crippen MR) is 121 cm³/mol. The lowest BCUT2D eigenvalue weighted by atomic mass is 10.1. The van der Waals surface area contributed by atoms with E-state index in [0.29, 0.717) is 49.1 Å². The molecule has 0 radical (unpaired) electrons. The van der Waals surface area contributed by atoms with E-state index in [0.717, 1.165) is 28.6 Å². The lowest BCUT2D eigenvalue weighted by Crippen LogP contribution is -2.38. The number of ether oxygens (including phenoxy) is 2. The number of fused-ring (bicyclic) bond motifs is 2. The first-order valence-corrected chi connectivity index (χ1v) is 10.6. The molecule has 8 nitrogen and oxygen atoms in total. The molecule has 1 aromatic heterocycles. The second-order valence-electron chi connectivity index (χ2n) is 7.99. The van der Waals surface area contributed by atoms with Crippen molar-refractivity contribution in [1.82, 2.24) is 9.88 Å². The molecule has 162 valence electrons. The van der Waals surface area contributed by atoms with Gasteiger partial charge in [-0.3, -0.25) is 0 Å². The van der Waals surface area contributed by atoms with Crippen molar-refractivity contribution in [2.45, 2.75) is 13.3 Å². The number of carbonyl (C=O) groups is 1. The van der Waals surface area contributed by atoms with Gasteiger partial charge in [-0.1, -0.05) is 17.7 Å². The van der Waals surface area contributed by atoms with Crippen molar-refractivity contribution in [3.63, 3.8) is 0 Å². The van der Waals surface area contributed by atoms with Crippen LogP contribution in [0.3, 0.4) is 0 Å². The summed E-state index contributed by atoms with van der Waals surface area (Å²) in [7, 11) is 0. The zero-order valence-electron chi connectivity index (χ0n) is 17.8. The van der Waals surface area contributed by atoms with Crippen molar-refractivity contribution < 1.29 is 14.3 Å². The molecule has 8 heteroatoms. The van der Waals surface area contributed by atoms with Gasteiger partial charge in [-0.15, -0.1) is 0 Å². The van der Waals surface area contributed by atoms with Crippen LogP contribution < -0.4 is 19.7 Å². The molecule has 1 N–H and O–H groups in total. The van der Waals surface area contributed by atoms with Crippen molar-refractivity contribution in [2.24, 2.45) is 0 Å². The topological polar surface area (TPSA) is 90.7 Å². The number of nitrogens with zero attached hydrogens (tertiary/aromatic N) is 4. The minimum Gasteiger partial charge on any atom is -0.454 e. The fraction of sp³-hybridized carbons (Fsp3) is 0.292. The van der Waals surface area contributed by atoms with Crippen LogP contribution in [0.25, 0.3) is 10.9 Å². The fourth-order valence-corrected chi connectivity index (χ4v) is 4.05. The third kappa shape index (κ3) is 3.85. The number of nitrogens with one attached hydrogen (secondary N) is 1. The van der Waals surface area contributed by atoms with Gasteiger partial charge in [-0.25, -0.2) is 9.78 Å². The summed E-state index contributed by atoms with van der Waals surface area (Å²) in [6.07, 6.45) is 0.785. The van der Waals surface area contributed by atoms with Crippen molar-refractivity contribution in [3.8, 4) is 17.6 Å². The number of urea groups is 1. The van der Waals surface area contributed by atoms with Gasteiger partial charge in [0.15, 0.2) is 11.5 Å². The van der Waals surface area contributed by atoms with Gasteiger partial charge in [-0.2, -0.15) is 5.26 Å². The van der Waals surface area contributed by atoms with Gasteiger partial charge < -0.3 is 24.6 Å². The van der Waals surface area contributed by atoms with Crippen molar-refractivity contribution in [1.29, 1.82) is 5.26 Å². The van der Waals surface area contributed by atoms with E-state index >= 15 is 0 Å². The summed E-state index contributed by atoms with van der Waals surface area (Å²) in [5.74, 6) is 1.97. The van der Waals surface area contributed by atoms with Crippen LogP contribution in [0.4, 0.5) is 16.3 Å². The molecule has 0 bridgehead atoms. The molecule has 3 heterocycles. The molecule has 0 unspecified atom stereocenters. The van der Waals surface area contributed by atoms with Gasteiger partial charge in [0.25, 0.3) is 0 Å². The Kier molecular flexibility index (Phi) is 5.15. The third-order valence-electron chi connectivity index (χ3n) is 5.79. The van der Waals surface area contributed by atoms with Crippen LogP contribution in [-0.2, 0) is 0 Å². The summed E-state index contributed by atoms with van der Waals surface area (Å²) in [5.41, 5.74) is 3.19. The Morgan fingerprint density at radius 2 is 1.84 bits per heavy atom. The fourth-order valence-electron chi connectivity index (χ4n) is 4.05. The minimum atomic E-state index is -0.115. The van der Waals surface area contributed by atoms with Gasteiger partial charge in [-0.05, 0) is 37.6 Å². The maximum absolute atomic E-state index is 12.8. The van der Waals surface area contributed by atoms with Crippen LogP contribution in [0.1, 0.15) is 17.5 Å². The third-order valence-corrected chi connectivity index (χ3v) is 5.79. The summed E-state index contributed by atoms with van der Waals surface area (Å²) in [5, 5.41) is 13.6. The minimum absolute atomic E-state index is 0.115. The molecule has 5 rings (SSSR count). The zero-order valence-corrected chi connectivity index (χ0v) is 17.8. The summed E-state index contributed by atoms with van der Waals surface area (Å²) in [4.78, 5) is 21.4. The Morgan fingerprint density at radius 1 is 1.06 bits per heavy atom. The van der Waals surface area contributed by atoms with Crippen LogP contribution in [0.15, 0.2) is 42.5 Å². The van der Waals surface area contributed by atoms with E-state index in [1.165, 1.54) is 0 Å². The maximum atomic E-state index is 12.8. The second kappa shape index (κ2) is 8.27. The monoisotopic (exact) mass is 429 g/mol. The van der Waals surface area contributed by atoms with Crippen molar-refractivity contribution in [2.75, 3.05) is 43.2 Å². The molecule has 0 aliphatic carbocycles. The highest BCUT2D eigenvalue weighted by molar-refractivity contribution is 5.89. The standard InChI is InChI=1S/C24H23N5O3/c1-16-3-5-19(6-4-16)26-24(30)29-8-2-7-28(9-10-29)23-18(14-25)11-17-12-21-22(32-15-31-21)13-20(17)27-23/h3-6,11-13H,2,7-10,15H2,1H3,(H,26,30). The van der Waals surface area contributed by atoms with Crippen LogP contribution >= 0.6 is 0 Å². The number of anilines is 2. The van der Waals surface area contributed by atoms with E-state index < -0.39 is 0 Å². The highest BCUT2D eigenvalue weighted by Gasteiger charge is 2.23. The molecule has 1 fully saturated rings. The highest BCUT2D eigenvalue weighted by atomic mass is 16.7. The summed E-state index contributed by atoms with van der Waals surface area (Å²) < 4.78 is 10.9. The first kappa shape index (κ1) is 19.9. The van der Waals surface area contributed by atoms with Crippen molar-refractivity contribution >= 4 is 28.4 Å². The number of benzene rings is 2. The zero-order chi connectivity index (χ0) is 22.1. The molecule has 1 saturated heterocycles. The Labute approximate surface area is 186 Å². The largest absolute Gasteiger partial charge is 0.454 e. The molecular formula is C24H23N5O3. The number of nitriles is 1. The van der Waals surface area contributed by atoms with Crippen LogP contribution in [0.2, 0.25) is 0 Å². The van der Waals surface area contributed by atoms with E-state index in [2.05, 4.69) is 16.3 Å². The molecule has 2 amide bonds. The number of pyridine rings is 1. The molecule has 2 aliphatic heterocycles. The average Bonchev–Trinajstić information content (AvgIpc) is 3.11. The van der Waals surface area contributed by atoms with E-state index in [-0.39, 0.29) is 12.8 Å². The van der Waals surface area contributed by atoms with Gasteiger partial charge in [0, 0.05) is 43.3 Å². The number of amides is 2. The number of hydrogen-bond donors (Lipinski definition) is 1. The number of aromatic nitrogens is 1. The van der Waals surface area contributed by atoms with E-state index in [1.54, 1.807) is 0 Å². The molecule has 2 aromatic carbocycles. The maximum Gasteiger partial charge on any atom is 0.321 e. The lowest BCUT2D eigenvalue weighted by Gasteiger charge is -2.24. The number of rotatable bonds is 2. The van der Waals surface area contributed by atoms with Gasteiger partial charge in [0.05, 0.1) is 11.1 Å². The summed E-state index contributed by atoms with van der Waals surface area (Å²) >= 11 is 0. The molecular weight excluding hydrogens is 406 g/mol. The quantitative estimate of drug-likeness (QED) is 0.665. The lowest BCUT2D eigenvalue weighted by molar-refractivity contribution is 0.174. The molecule has 3 aromatic rings. The molecule has 2 aliphatic rings. The first-order valence-electron chi connectivity index (χ1n) is 10.6. The average molecular weight is 429 g/mol. The van der Waals surface area contributed by atoms with Gasteiger partial charge in [0.2, 0.25) is 6.79 Å². The molecule has 0 spiro atoms. The Balaban J connectivity index is 1.34. The SMILES string of the molecule is Cc1ccc(NC(=O)N2CCCN(c3nc4cc5c(cc4cc3C#N)OCO5)CC2)cc1. The van der Waals surface area contributed by atoms with E-state index in [9.17, 15) is 10.1 Å². The highest BCUT2D eigenvalue weighted by Crippen LogP contribution is 2.37. The Bertz CT molecular complexity index is 1220.